The van der Waals surface area contributed by atoms with E-state index in [0.717, 1.165) is 23.3 Å². The molecule has 0 aliphatic heterocycles. The van der Waals surface area contributed by atoms with Gasteiger partial charge in [-0.3, -0.25) is 0 Å². The number of rotatable bonds is 9. The lowest BCUT2D eigenvalue weighted by molar-refractivity contribution is 0.102. The molecule has 22 heavy (non-hydrogen) atoms. The molecule has 0 saturated carbocycles. The molecule has 3 heteroatoms. The van der Waals surface area contributed by atoms with Crippen LogP contribution in [-0.4, -0.2) is 18.3 Å². The Kier molecular flexibility index (Phi) is 6.94. The monoisotopic (exact) mass is 300 g/mol. The number of aliphatic hydroxyl groups is 1. The van der Waals surface area contributed by atoms with Gasteiger partial charge in [0.25, 0.3) is 0 Å². The van der Waals surface area contributed by atoms with Gasteiger partial charge in [0.15, 0.2) is 0 Å². The number of aliphatic hydroxyl groups excluding tert-OH is 1. The van der Waals surface area contributed by atoms with E-state index in [1.54, 1.807) is 0 Å². The van der Waals surface area contributed by atoms with Crippen LogP contribution in [0.15, 0.2) is 48.5 Å². The second-order valence-corrected chi connectivity index (χ2v) is 5.20. The van der Waals surface area contributed by atoms with Gasteiger partial charge in [0, 0.05) is 18.8 Å². The summed E-state index contributed by atoms with van der Waals surface area (Å²) in [6.45, 7) is 3.92. The fraction of sp³-hybridized carbons (Fsp3) is 0.368. The smallest absolute Gasteiger partial charge is 0.125 e. The Morgan fingerprint density at radius 3 is 2.50 bits per heavy atom. The molecule has 2 aromatic carbocycles. The van der Waals surface area contributed by atoms with E-state index in [4.69, 9.17) is 14.6 Å². The highest BCUT2D eigenvalue weighted by Crippen LogP contribution is 2.23. The van der Waals surface area contributed by atoms with Crippen molar-refractivity contribution < 1.29 is 14.6 Å². The van der Waals surface area contributed by atoms with Gasteiger partial charge in [-0.05, 0) is 36.1 Å². The van der Waals surface area contributed by atoms with Crippen LogP contribution in [0.2, 0.25) is 0 Å². The van der Waals surface area contributed by atoms with Gasteiger partial charge in [0.1, 0.15) is 12.4 Å². The minimum Gasteiger partial charge on any atom is -0.489 e. The maximum Gasteiger partial charge on any atom is 0.125 e. The van der Waals surface area contributed by atoms with Crippen molar-refractivity contribution in [3.8, 4) is 5.75 Å². The third-order valence-electron chi connectivity index (χ3n) is 3.47. The first kappa shape index (κ1) is 16.5. The first-order chi connectivity index (χ1) is 10.8. The zero-order chi connectivity index (χ0) is 15.6. The highest BCUT2D eigenvalue weighted by Gasteiger charge is 2.06. The van der Waals surface area contributed by atoms with E-state index in [9.17, 15) is 0 Å². The first-order valence-electron chi connectivity index (χ1n) is 7.80. The fourth-order valence-electron chi connectivity index (χ4n) is 2.19. The second kappa shape index (κ2) is 9.23. The molecule has 2 aromatic rings. The van der Waals surface area contributed by atoms with Crippen LogP contribution in [0.4, 0.5) is 0 Å². The summed E-state index contributed by atoms with van der Waals surface area (Å²) in [6.07, 6.45) is 1.65. The Morgan fingerprint density at radius 1 is 0.955 bits per heavy atom. The molecule has 0 heterocycles. The summed E-state index contributed by atoms with van der Waals surface area (Å²) in [7, 11) is 0. The maximum absolute atomic E-state index is 8.81. The molecule has 0 aromatic heterocycles. The van der Waals surface area contributed by atoms with Crippen LogP contribution in [-0.2, 0) is 24.4 Å². The minimum atomic E-state index is 0.159. The molecule has 0 radical (unpaired) electrons. The van der Waals surface area contributed by atoms with Crippen molar-refractivity contribution in [3.63, 3.8) is 0 Å². The molecule has 2 rings (SSSR count). The molecule has 0 atom stereocenters. The summed E-state index contributed by atoms with van der Waals surface area (Å²) in [5.74, 6) is 0.866. The first-order valence-corrected chi connectivity index (χ1v) is 7.80. The maximum atomic E-state index is 8.81. The van der Waals surface area contributed by atoms with Gasteiger partial charge in [-0.25, -0.2) is 0 Å². The standard InChI is InChI=1S/C19H24O3/c1-2-16-9-10-19(18(13-16)15-21-12-6-11-20)22-14-17-7-4-3-5-8-17/h3-5,7-10,13,20H,2,6,11-12,14-15H2,1H3. The van der Waals surface area contributed by atoms with Gasteiger partial charge in [0.2, 0.25) is 0 Å². The van der Waals surface area contributed by atoms with E-state index in [1.807, 2.05) is 24.3 Å². The molecular formula is C19H24O3. The number of benzene rings is 2. The summed E-state index contributed by atoms with van der Waals surface area (Å²) in [5.41, 5.74) is 3.48. The molecule has 0 aliphatic rings. The van der Waals surface area contributed by atoms with Crippen molar-refractivity contribution in [2.75, 3.05) is 13.2 Å². The van der Waals surface area contributed by atoms with Crippen molar-refractivity contribution in [2.45, 2.75) is 33.0 Å². The summed E-state index contributed by atoms with van der Waals surface area (Å²) in [4.78, 5) is 0. The third-order valence-corrected chi connectivity index (χ3v) is 3.47. The Labute approximate surface area is 132 Å². The number of hydrogen-bond acceptors (Lipinski definition) is 3. The van der Waals surface area contributed by atoms with Crippen molar-refractivity contribution in [2.24, 2.45) is 0 Å². The van der Waals surface area contributed by atoms with E-state index in [1.165, 1.54) is 5.56 Å². The van der Waals surface area contributed by atoms with Crippen LogP contribution in [0.5, 0.6) is 5.75 Å². The Bertz CT molecular complexity index is 552. The van der Waals surface area contributed by atoms with Crippen LogP contribution < -0.4 is 4.74 Å². The van der Waals surface area contributed by atoms with Crippen LogP contribution >= 0.6 is 0 Å². The molecule has 0 aliphatic carbocycles. The molecule has 0 bridgehead atoms. The fourth-order valence-corrected chi connectivity index (χ4v) is 2.19. The van der Waals surface area contributed by atoms with E-state index in [-0.39, 0.29) is 6.61 Å². The van der Waals surface area contributed by atoms with Crippen LogP contribution in [0.25, 0.3) is 0 Å². The van der Waals surface area contributed by atoms with Gasteiger partial charge in [-0.1, -0.05) is 43.3 Å². The summed E-state index contributed by atoms with van der Waals surface area (Å²) in [6, 6.07) is 16.4. The lowest BCUT2D eigenvalue weighted by atomic mass is 10.1. The molecule has 3 nitrogen and oxygen atoms in total. The van der Waals surface area contributed by atoms with Crippen LogP contribution in [0, 0.1) is 0 Å². The average Bonchev–Trinajstić information content (AvgIpc) is 2.58. The Morgan fingerprint density at radius 2 is 1.77 bits per heavy atom. The van der Waals surface area contributed by atoms with Crippen LogP contribution in [0.3, 0.4) is 0 Å². The molecule has 0 amide bonds. The average molecular weight is 300 g/mol. The molecule has 0 unspecified atom stereocenters. The largest absolute Gasteiger partial charge is 0.489 e. The van der Waals surface area contributed by atoms with Gasteiger partial charge < -0.3 is 14.6 Å². The van der Waals surface area contributed by atoms with Gasteiger partial charge in [-0.15, -0.1) is 0 Å². The second-order valence-electron chi connectivity index (χ2n) is 5.20. The van der Waals surface area contributed by atoms with E-state index < -0.39 is 0 Å². The SMILES string of the molecule is CCc1ccc(OCc2ccccc2)c(COCCCO)c1. The highest BCUT2D eigenvalue weighted by atomic mass is 16.5. The lowest BCUT2D eigenvalue weighted by Crippen LogP contribution is -2.03. The lowest BCUT2D eigenvalue weighted by Gasteiger charge is -2.13. The van der Waals surface area contributed by atoms with Gasteiger partial charge >= 0.3 is 0 Å². The zero-order valence-corrected chi connectivity index (χ0v) is 13.1. The molecule has 1 N–H and O–H groups in total. The van der Waals surface area contributed by atoms with Gasteiger partial charge in [0.05, 0.1) is 6.61 Å². The van der Waals surface area contributed by atoms with Gasteiger partial charge in [-0.2, -0.15) is 0 Å². The molecule has 0 saturated heterocycles. The Balaban J connectivity index is 2.01. The predicted molar refractivity (Wildman–Crippen MR) is 88.0 cm³/mol. The van der Waals surface area contributed by atoms with Crippen LogP contribution in [0.1, 0.15) is 30.0 Å². The zero-order valence-electron chi connectivity index (χ0n) is 13.1. The molecule has 0 spiro atoms. The minimum absolute atomic E-state index is 0.159. The van der Waals surface area contributed by atoms with Crippen molar-refractivity contribution >= 4 is 0 Å². The quantitative estimate of drug-likeness (QED) is 0.717. The van der Waals surface area contributed by atoms with E-state index in [2.05, 4.69) is 31.2 Å². The summed E-state index contributed by atoms with van der Waals surface area (Å²) < 4.78 is 11.6. The third kappa shape index (κ3) is 5.17. The number of aryl methyl sites for hydroxylation is 1. The predicted octanol–water partition coefficient (Wildman–Crippen LogP) is 3.73. The molecule has 0 fully saturated rings. The van der Waals surface area contributed by atoms with Crippen molar-refractivity contribution in [1.29, 1.82) is 0 Å². The number of ether oxygens (including phenoxy) is 2. The summed E-state index contributed by atoms with van der Waals surface area (Å²) >= 11 is 0. The Hall–Kier alpha value is -1.84. The van der Waals surface area contributed by atoms with E-state index in [0.29, 0.717) is 26.2 Å². The topological polar surface area (TPSA) is 38.7 Å². The van der Waals surface area contributed by atoms with E-state index >= 15 is 0 Å². The summed E-state index contributed by atoms with van der Waals surface area (Å²) in [5, 5.41) is 8.81. The highest BCUT2D eigenvalue weighted by molar-refractivity contribution is 5.37. The molecular weight excluding hydrogens is 276 g/mol. The van der Waals surface area contributed by atoms with Crippen molar-refractivity contribution in [3.05, 3.63) is 65.2 Å². The van der Waals surface area contributed by atoms with Crippen molar-refractivity contribution in [1.82, 2.24) is 0 Å². The molecule has 118 valence electrons. The number of hydrogen-bond donors (Lipinski definition) is 1. The normalized spacial score (nSPS) is 10.6.